The van der Waals surface area contributed by atoms with E-state index in [1.165, 1.54) is 37.7 Å². The Hall–Kier alpha value is -0.910. The van der Waals surface area contributed by atoms with E-state index in [0.29, 0.717) is 17.5 Å². The number of aromatic nitrogens is 2. The highest BCUT2D eigenvalue weighted by Gasteiger charge is 2.43. The maximum absolute atomic E-state index is 5.59. The third-order valence-electron chi connectivity index (χ3n) is 5.69. The Balaban J connectivity index is 1.64. The van der Waals surface area contributed by atoms with Gasteiger partial charge in [-0.3, -0.25) is 4.68 Å². The molecule has 5 heteroatoms. The predicted molar refractivity (Wildman–Crippen MR) is 87.8 cm³/mol. The topological polar surface area (TPSA) is 42.3 Å². The van der Waals surface area contributed by atoms with E-state index in [1.807, 2.05) is 17.9 Å². The van der Waals surface area contributed by atoms with Gasteiger partial charge in [0.1, 0.15) is 0 Å². The summed E-state index contributed by atoms with van der Waals surface area (Å²) in [5.74, 6) is 0. The van der Waals surface area contributed by atoms with Gasteiger partial charge in [0, 0.05) is 50.7 Å². The summed E-state index contributed by atoms with van der Waals surface area (Å²) in [6.07, 6.45) is 10.6. The van der Waals surface area contributed by atoms with Gasteiger partial charge < -0.3 is 15.0 Å². The lowest BCUT2D eigenvalue weighted by Gasteiger charge is -2.40. The molecule has 0 amide bonds. The van der Waals surface area contributed by atoms with E-state index in [1.54, 1.807) is 0 Å². The van der Waals surface area contributed by atoms with Gasteiger partial charge >= 0.3 is 0 Å². The molecular formula is C17H30N4O. The fourth-order valence-electron chi connectivity index (χ4n) is 4.30. The normalized spacial score (nSPS) is 25.9. The van der Waals surface area contributed by atoms with Crippen molar-refractivity contribution in [2.75, 3.05) is 33.9 Å². The lowest BCUT2D eigenvalue weighted by molar-refractivity contribution is 0.00355. The molecule has 1 N–H and O–H groups in total. The zero-order chi connectivity index (χ0) is 15.6. The number of nitrogens with zero attached hydrogens (tertiary/aromatic N) is 3. The molecule has 1 aromatic rings. The van der Waals surface area contributed by atoms with E-state index in [0.717, 1.165) is 19.8 Å². The number of hydrogen-bond donors (Lipinski definition) is 1. The first-order valence-electron chi connectivity index (χ1n) is 8.57. The molecule has 1 saturated heterocycles. The van der Waals surface area contributed by atoms with Crippen LogP contribution in [-0.2, 0) is 11.8 Å². The zero-order valence-electron chi connectivity index (χ0n) is 14.2. The first kappa shape index (κ1) is 16.0. The third-order valence-corrected chi connectivity index (χ3v) is 5.69. The van der Waals surface area contributed by atoms with Crippen molar-refractivity contribution in [2.45, 2.75) is 44.2 Å². The van der Waals surface area contributed by atoms with Crippen molar-refractivity contribution in [1.29, 1.82) is 0 Å². The molecule has 2 atom stereocenters. The lowest BCUT2D eigenvalue weighted by Crippen LogP contribution is -2.47. The number of ether oxygens (including phenoxy) is 1. The minimum Gasteiger partial charge on any atom is -0.381 e. The number of aryl methyl sites for hydroxylation is 1. The van der Waals surface area contributed by atoms with Crippen LogP contribution in [0.25, 0.3) is 0 Å². The van der Waals surface area contributed by atoms with Crippen molar-refractivity contribution in [2.24, 2.45) is 12.5 Å². The van der Waals surface area contributed by atoms with E-state index in [4.69, 9.17) is 4.74 Å². The average molecular weight is 306 g/mol. The maximum atomic E-state index is 5.59. The molecule has 1 aliphatic heterocycles. The van der Waals surface area contributed by atoms with Crippen LogP contribution < -0.4 is 5.32 Å². The predicted octanol–water partition coefficient (Wildman–Crippen LogP) is 1.96. The number of hydrogen-bond acceptors (Lipinski definition) is 4. The van der Waals surface area contributed by atoms with Crippen molar-refractivity contribution in [1.82, 2.24) is 20.0 Å². The molecule has 1 spiro atoms. The van der Waals surface area contributed by atoms with Crippen LogP contribution in [0.3, 0.4) is 0 Å². The molecule has 1 aromatic heterocycles. The Bertz CT molecular complexity index is 479. The van der Waals surface area contributed by atoms with E-state index in [2.05, 4.69) is 35.6 Å². The van der Waals surface area contributed by atoms with Crippen molar-refractivity contribution in [3.05, 3.63) is 18.0 Å². The second-order valence-corrected chi connectivity index (χ2v) is 7.25. The summed E-state index contributed by atoms with van der Waals surface area (Å²) in [5.41, 5.74) is 1.78. The van der Waals surface area contributed by atoms with Gasteiger partial charge in [-0.1, -0.05) is 6.42 Å². The van der Waals surface area contributed by atoms with E-state index in [9.17, 15) is 0 Å². The summed E-state index contributed by atoms with van der Waals surface area (Å²) in [5, 5.41) is 8.23. The summed E-state index contributed by atoms with van der Waals surface area (Å²) < 4.78 is 7.48. The molecule has 0 radical (unpaired) electrons. The molecule has 3 rings (SSSR count). The van der Waals surface area contributed by atoms with Crippen LogP contribution in [-0.4, -0.2) is 54.6 Å². The van der Waals surface area contributed by atoms with Gasteiger partial charge in [0.25, 0.3) is 0 Å². The van der Waals surface area contributed by atoms with Crippen molar-refractivity contribution in [3.8, 4) is 0 Å². The zero-order valence-corrected chi connectivity index (χ0v) is 14.2. The standard InChI is InChI=1S/C17H30N4O/c1-20(2)15(14-11-19-21(3)13-14)12-18-16-5-4-6-17(16)7-9-22-10-8-17/h11,13,15-16,18H,4-10,12H2,1-3H3. The summed E-state index contributed by atoms with van der Waals surface area (Å²) in [6, 6.07) is 1.03. The Kier molecular flexibility index (Phi) is 4.85. The van der Waals surface area contributed by atoms with Gasteiger partial charge in [0.15, 0.2) is 0 Å². The molecule has 0 aromatic carbocycles. The SMILES string of the molecule is CN(C)C(CNC1CCCC12CCOCC2)c1cnn(C)c1. The van der Waals surface area contributed by atoms with Gasteiger partial charge in [-0.05, 0) is 45.2 Å². The second-order valence-electron chi connectivity index (χ2n) is 7.25. The molecule has 22 heavy (non-hydrogen) atoms. The maximum Gasteiger partial charge on any atom is 0.0538 e. The molecule has 1 saturated carbocycles. The van der Waals surface area contributed by atoms with Crippen LogP contribution in [0, 0.1) is 5.41 Å². The first-order valence-corrected chi connectivity index (χ1v) is 8.57. The molecule has 1 aliphatic carbocycles. The van der Waals surface area contributed by atoms with Crippen molar-refractivity contribution in [3.63, 3.8) is 0 Å². The summed E-state index contributed by atoms with van der Waals surface area (Å²) in [4.78, 5) is 2.29. The van der Waals surface area contributed by atoms with E-state index in [-0.39, 0.29) is 0 Å². The highest BCUT2D eigenvalue weighted by Crippen LogP contribution is 2.46. The quantitative estimate of drug-likeness (QED) is 0.903. The molecular weight excluding hydrogens is 276 g/mol. The average Bonchev–Trinajstić information content (AvgIpc) is 3.08. The molecule has 2 unspecified atom stereocenters. The smallest absolute Gasteiger partial charge is 0.0538 e. The fraction of sp³-hybridized carbons (Fsp3) is 0.824. The second kappa shape index (κ2) is 6.69. The molecule has 2 heterocycles. The fourth-order valence-corrected chi connectivity index (χ4v) is 4.30. The van der Waals surface area contributed by atoms with Crippen LogP contribution in [0.5, 0.6) is 0 Å². The molecule has 124 valence electrons. The Morgan fingerprint density at radius 3 is 2.82 bits per heavy atom. The van der Waals surface area contributed by atoms with Crippen LogP contribution in [0.4, 0.5) is 0 Å². The van der Waals surface area contributed by atoms with Gasteiger partial charge in [0.2, 0.25) is 0 Å². The molecule has 0 bridgehead atoms. The Labute approximate surface area is 134 Å². The number of rotatable bonds is 5. The van der Waals surface area contributed by atoms with Crippen molar-refractivity contribution >= 4 is 0 Å². The Morgan fingerprint density at radius 2 is 2.18 bits per heavy atom. The van der Waals surface area contributed by atoms with Crippen molar-refractivity contribution < 1.29 is 4.74 Å². The summed E-state index contributed by atoms with van der Waals surface area (Å²) in [6.45, 7) is 2.88. The van der Waals surface area contributed by atoms with Gasteiger partial charge in [-0.25, -0.2) is 0 Å². The summed E-state index contributed by atoms with van der Waals surface area (Å²) in [7, 11) is 6.29. The third kappa shape index (κ3) is 3.21. The highest BCUT2D eigenvalue weighted by atomic mass is 16.5. The highest BCUT2D eigenvalue weighted by molar-refractivity contribution is 5.11. The van der Waals surface area contributed by atoms with E-state index < -0.39 is 0 Å². The molecule has 2 fully saturated rings. The van der Waals surface area contributed by atoms with Gasteiger partial charge in [-0.2, -0.15) is 5.10 Å². The first-order chi connectivity index (χ1) is 10.6. The van der Waals surface area contributed by atoms with Crippen LogP contribution >= 0.6 is 0 Å². The van der Waals surface area contributed by atoms with E-state index >= 15 is 0 Å². The minimum atomic E-state index is 0.381. The lowest BCUT2D eigenvalue weighted by atomic mass is 9.75. The molecule has 5 nitrogen and oxygen atoms in total. The van der Waals surface area contributed by atoms with Crippen LogP contribution in [0.1, 0.15) is 43.7 Å². The number of nitrogens with one attached hydrogen (secondary N) is 1. The van der Waals surface area contributed by atoms with Crippen LogP contribution in [0.2, 0.25) is 0 Å². The van der Waals surface area contributed by atoms with Gasteiger partial charge in [-0.15, -0.1) is 0 Å². The van der Waals surface area contributed by atoms with Gasteiger partial charge in [0.05, 0.1) is 6.20 Å². The monoisotopic (exact) mass is 306 g/mol. The molecule has 2 aliphatic rings. The minimum absolute atomic E-state index is 0.381. The van der Waals surface area contributed by atoms with Crippen LogP contribution in [0.15, 0.2) is 12.4 Å². The largest absolute Gasteiger partial charge is 0.381 e. The Morgan fingerprint density at radius 1 is 1.41 bits per heavy atom. The summed E-state index contributed by atoms with van der Waals surface area (Å²) >= 11 is 0. The number of likely N-dealkylation sites (N-methyl/N-ethyl adjacent to an activating group) is 1.